The van der Waals surface area contributed by atoms with Gasteiger partial charge in [-0.3, -0.25) is 4.55 Å². The molecule has 0 spiro atoms. The molecule has 0 radical (unpaired) electrons. The van der Waals surface area contributed by atoms with Crippen LogP contribution < -0.4 is 0 Å². The van der Waals surface area contributed by atoms with Gasteiger partial charge in [0, 0.05) is 0 Å². The average Bonchev–Trinajstić information content (AvgIpc) is 0.722. The summed E-state index contributed by atoms with van der Waals surface area (Å²) >= 11 is 0. The van der Waals surface area contributed by atoms with Gasteiger partial charge >= 0.3 is 23.1 Å². The van der Waals surface area contributed by atoms with Gasteiger partial charge in [-0.25, -0.2) is 8.42 Å². The molecular formula is H8MgO8S. The van der Waals surface area contributed by atoms with E-state index >= 15 is 0 Å². The number of hydrogen-bond acceptors (Lipinski definition) is 4. The zero-order valence-electron chi connectivity index (χ0n) is 4.73. The molecular weight excluding hydrogens is 184 g/mol. The second-order valence-corrected chi connectivity index (χ2v) is 1.28. The third-order valence-electron chi connectivity index (χ3n) is 0. The quantitative estimate of drug-likeness (QED) is 0.230. The maximum Gasteiger partial charge on any atom is 2.00 e. The van der Waals surface area contributed by atoms with Crippen molar-refractivity contribution < 1.29 is 39.4 Å². The summed E-state index contributed by atoms with van der Waals surface area (Å²) in [6.45, 7) is 0. The fraction of sp³-hybridized carbons (Fsp3) is 0. The first-order valence-electron chi connectivity index (χ1n) is 0.683. The predicted octanol–water partition coefficient (Wildman–Crippen LogP) is -4.03. The van der Waals surface area contributed by atoms with Crippen LogP contribution in [0.4, 0.5) is 0 Å². The SMILES string of the molecule is O.O.O.O=S(=O)([O-])O.[Mg+2].[OH-]. The zero-order valence-corrected chi connectivity index (χ0v) is 6.97. The van der Waals surface area contributed by atoms with Crippen LogP contribution >= 0.6 is 0 Å². The Hall–Kier alpha value is 0.476. The second kappa shape index (κ2) is 16.2. The average molecular weight is 192 g/mol. The Bertz CT molecular complexity index is 92.4. The molecule has 0 aliphatic heterocycles. The van der Waals surface area contributed by atoms with Gasteiger partial charge in [-0.15, -0.1) is 0 Å². The van der Waals surface area contributed by atoms with Crippen LogP contribution in [-0.2, 0) is 10.4 Å². The molecule has 0 amide bonds. The largest absolute Gasteiger partial charge is 2.00 e. The van der Waals surface area contributed by atoms with Crippen LogP contribution in [0.25, 0.3) is 0 Å². The molecule has 0 fully saturated rings. The summed E-state index contributed by atoms with van der Waals surface area (Å²) in [7, 11) is -4.92. The minimum Gasteiger partial charge on any atom is -0.870 e. The van der Waals surface area contributed by atoms with Crippen molar-refractivity contribution in [2.24, 2.45) is 0 Å². The molecule has 0 saturated carbocycles. The third kappa shape index (κ3) is 2090. The first-order valence-corrected chi connectivity index (χ1v) is 2.05. The van der Waals surface area contributed by atoms with Crippen LogP contribution in [0.3, 0.4) is 0 Å². The smallest absolute Gasteiger partial charge is 0.870 e. The van der Waals surface area contributed by atoms with Crippen molar-refractivity contribution in [3.8, 4) is 0 Å². The molecule has 0 atom stereocenters. The Morgan fingerprint density at radius 1 is 1.10 bits per heavy atom. The van der Waals surface area contributed by atoms with Gasteiger partial charge in [-0.1, -0.05) is 0 Å². The van der Waals surface area contributed by atoms with Crippen molar-refractivity contribution in [1.82, 2.24) is 0 Å². The molecule has 8 N–H and O–H groups in total. The Balaban J connectivity index is -0.00000000800. The van der Waals surface area contributed by atoms with Gasteiger partial charge in [0.05, 0.1) is 0 Å². The van der Waals surface area contributed by atoms with E-state index in [-0.39, 0.29) is 45.0 Å². The van der Waals surface area contributed by atoms with Crippen molar-refractivity contribution in [2.45, 2.75) is 0 Å². The van der Waals surface area contributed by atoms with Crippen LogP contribution in [0.1, 0.15) is 0 Å². The first-order chi connectivity index (χ1) is 2.00. The molecule has 0 aliphatic carbocycles. The fourth-order valence-electron chi connectivity index (χ4n) is 0. The van der Waals surface area contributed by atoms with Crippen LogP contribution in [0.5, 0.6) is 0 Å². The van der Waals surface area contributed by atoms with Crippen LogP contribution in [0.15, 0.2) is 0 Å². The Morgan fingerprint density at radius 3 is 1.10 bits per heavy atom. The molecule has 0 aromatic heterocycles. The molecule has 10 heteroatoms. The fourth-order valence-corrected chi connectivity index (χ4v) is 0. The summed E-state index contributed by atoms with van der Waals surface area (Å²) in [6, 6.07) is 0. The van der Waals surface area contributed by atoms with Gasteiger partial charge in [-0.2, -0.15) is 0 Å². The molecule has 0 heterocycles. The van der Waals surface area contributed by atoms with E-state index in [4.69, 9.17) is 17.5 Å². The van der Waals surface area contributed by atoms with E-state index in [0.717, 1.165) is 0 Å². The van der Waals surface area contributed by atoms with Gasteiger partial charge < -0.3 is 26.5 Å². The van der Waals surface area contributed by atoms with Gasteiger partial charge in [0.2, 0.25) is 10.4 Å². The monoisotopic (exact) mass is 192 g/mol. The molecule has 0 bridgehead atoms. The van der Waals surface area contributed by atoms with E-state index in [9.17, 15) is 0 Å². The van der Waals surface area contributed by atoms with Gasteiger partial charge in [-0.05, 0) is 0 Å². The van der Waals surface area contributed by atoms with Crippen LogP contribution in [0, 0.1) is 0 Å². The minimum atomic E-state index is -4.92. The van der Waals surface area contributed by atoms with Gasteiger partial charge in [0.25, 0.3) is 0 Å². The summed E-state index contributed by atoms with van der Waals surface area (Å²) in [4.78, 5) is 0. The molecule has 0 aromatic carbocycles. The summed E-state index contributed by atoms with van der Waals surface area (Å²) in [5.41, 5.74) is 0. The first kappa shape index (κ1) is 47.0. The van der Waals surface area contributed by atoms with Gasteiger partial charge in [0.15, 0.2) is 0 Å². The number of rotatable bonds is 0. The van der Waals surface area contributed by atoms with Crippen molar-refractivity contribution in [2.75, 3.05) is 0 Å². The summed E-state index contributed by atoms with van der Waals surface area (Å²) in [5.74, 6) is 0. The zero-order chi connectivity index (χ0) is 4.50. The molecule has 8 nitrogen and oxygen atoms in total. The topological polar surface area (TPSA) is 202 Å². The van der Waals surface area contributed by atoms with Crippen LogP contribution in [-0.4, -0.2) is 62.5 Å². The molecule has 0 saturated heterocycles. The Morgan fingerprint density at radius 2 is 1.10 bits per heavy atom. The van der Waals surface area contributed by atoms with Crippen molar-refractivity contribution in [3.63, 3.8) is 0 Å². The van der Waals surface area contributed by atoms with Crippen molar-refractivity contribution in [1.29, 1.82) is 0 Å². The minimum absolute atomic E-state index is 0. The van der Waals surface area contributed by atoms with E-state index < -0.39 is 10.4 Å². The normalized spacial score (nSPS) is 5.80. The Kier molecular flexibility index (Phi) is 76.2. The summed E-state index contributed by atoms with van der Waals surface area (Å²) in [6.07, 6.45) is 0. The maximum atomic E-state index is 8.63. The Labute approximate surface area is 73.2 Å². The summed E-state index contributed by atoms with van der Waals surface area (Å²) in [5, 5.41) is 0. The maximum absolute atomic E-state index is 8.63. The molecule has 0 rings (SSSR count). The van der Waals surface area contributed by atoms with E-state index in [1.807, 2.05) is 0 Å². The van der Waals surface area contributed by atoms with E-state index in [2.05, 4.69) is 0 Å². The summed E-state index contributed by atoms with van der Waals surface area (Å²) < 4.78 is 32.8. The standard InChI is InChI=1S/Mg.H2O4S.4H2O/c;1-5(2,3)4;;;;/h;(H2,1,2,3,4);4*1H2/q+2;;;;;/p-2. The molecule has 64 valence electrons. The molecule has 0 unspecified atom stereocenters. The third-order valence-corrected chi connectivity index (χ3v) is 0. The van der Waals surface area contributed by atoms with Crippen molar-refractivity contribution in [3.05, 3.63) is 0 Å². The number of hydrogen-bond donors (Lipinski definition) is 1. The molecule has 0 aliphatic rings. The molecule has 0 aromatic rings. The van der Waals surface area contributed by atoms with E-state index in [1.54, 1.807) is 0 Å². The van der Waals surface area contributed by atoms with E-state index in [0.29, 0.717) is 0 Å². The second-order valence-electron chi connectivity index (χ2n) is 0.428. The van der Waals surface area contributed by atoms with Crippen molar-refractivity contribution >= 4 is 33.5 Å². The predicted molar refractivity (Wildman–Crippen MR) is 30.9 cm³/mol. The van der Waals surface area contributed by atoms with Gasteiger partial charge in [0.1, 0.15) is 0 Å². The molecule has 10 heavy (non-hydrogen) atoms. The van der Waals surface area contributed by atoms with E-state index in [1.165, 1.54) is 0 Å². The van der Waals surface area contributed by atoms with Crippen LogP contribution in [0.2, 0.25) is 0 Å².